The molecule has 3 rings (SSSR count). The molecule has 2 aromatic rings. The van der Waals surface area contributed by atoms with E-state index >= 15 is 0 Å². The van der Waals surface area contributed by atoms with Crippen molar-refractivity contribution in [2.24, 2.45) is 0 Å². The highest BCUT2D eigenvalue weighted by molar-refractivity contribution is 5.96. The Morgan fingerprint density at radius 2 is 1.62 bits per heavy atom. The molecule has 0 spiro atoms. The Bertz CT molecular complexity index is 597. The molecule has 0 bridgehead atoms. The number of nitrogens with one attached hydrogen (secondary N) is 1. The van der Waals surface area contributed by atoms with Crippen LogP contribution in [0, 0.1) is 0 Å². The Balaban J connectivity index is 1.67. The van der Waals surface area contributed by atoms with Gasteiger partial charge in [0.15, 0.2) is 0 Å². The van der Waals surface area contributed by atoms with E-state index in [0.29, 0.717) is 0 Å². The number of rotatable bonds is 3. The van der Waals surface area contributed by atoms with E-state index in [2.05, 4.69) is 17.4 Å². The molecule has 108 valence electrons. The molecule has 1 N–H and O–H groups in total. The highest BCUT2D eigenvalue weighted by Crippen LogP contribution is 2.27. The third kappa shape index (κ3) is 2.98. The van der Waals surface area contributed by atoms with Crippen LogP contribution in [-0.4, -0.2) is 19.0 Å². The van der Waals surface area contributed by atoms with E-state index < -0.39 is 0 Å². The van der Waals surface area contributed by atoms with Gasteiger partial charge in [-0.25, -0.2) is 0 Å². The van der Waals surface area contributed by atoms with Crippen LogP contribution in [0.5, 0.6) is 0 Å². The number of carbonyl (C=O) groups excluding carboxylic acids is 1. The van der Waals surface area contributed by atoms with E-state index in [0.717, 1.165) is 18.5 Å². The Labute approximate surface area is 125 Å². The molecule has 1 amide bonds. The van der Waals surface area contributed by atoms with Crippen LogP contribution in [0.3, 0.4) is 0 Å². The van der Waals surface area contributed by atoms with Gasteiger partial charge in [-0.3, -0.25) is 10.1 Å². The van der Waals surface area contributed by atoms with Crippen molar-refractivity contribution in [3.63, 3.8) is 0 Å². The fourth-order valence-electron chi connectivity index (χ4n) is 2.90. The fourth-order valence-corrected chi connectivity index (χ4v) is 2.90. The first-order valence-electron chi connectivity index (χ1n) is 7.39. The molecule has 1 saturated heterocycles. The Morgan fingerprint density at radius 3 is 2.29 bits per heavy atom. The summed E-state index contributed by atoms with van der Waals surface area (Å²) in [5.41, 5.74) is 2.20. The number of amides is 1. The zero-order valence-corrected chi connectivity index (χ0v) is 12.2. The van der Waals surface area contributed by atoms with Gasteiger partial charge in [0.05, 0.1) is 6.04 Å². The Hall–Kier alpha value is -2.13. The van der Waals surface area contributed by atoms with Gasteiger partial charge in [0.1, 0.15) is 0 Å². The first-order chi connectivity index (χ1) is 10.3. The monoisotopic (exact) mass is 280 g/mol. The minimum atomic E-state index is -0.0968. The summed E-state index contributed by atoms with van der Waals surface area (Å²) in [6, 6.07) is 20.3. The van der Waals surface area contributed by atoms with Crippen molar-refractivity contribution in [3.05, 3.63) is 66.2 Å². The first kappa shape index (κ1) is 13.8. The van der Waals surface area contributed by atoms with Crippen LogP contribution in [0.1, 0.15) is 24.4 Å². The Morgan fingerprint density at radius 1 is 1.00 bits per heavy atom. The second-order valence-corrected chi connectivity index (χ2v) is 5.49. The summed E-state index contributed by atoms with van der Waals surface area (Å²) >= 11 is 0. The minimum absolute atomic E-state index is 0.0968. The third-order valence-electron chi connectivity index (χ3n) is 4.12. The normalized spacial score (nSPS) is 21.2. The molecule has 1 unspecified atom stereocenters. The summed E-state index contributed by atoms with van der Waals surface area (Å²) in [6.07, 6.45) is 1.89. The van der Waals surface area contributed by atoms with Gasteiger partial charge < -0.3 is 4.90 Å². The second-order valence-electron chi connectivity index (χ2n) is 5.49. The van der Waals surface area contributed by atoms with Crippen LogP contribution in [0.2, 0.25) is 0 Å². The number of benzene rings is 2. The zero-order valence-electron chi connectivity index (χ0n) is 12.2. The van der Waals surface area contributed by atoms with Crippen molar-refractivity contribution in [1.29, 1.82) is 0 Å². The molecule has 3 heteroatoms. The van der Waals surface area contributed by atoms with E-state index in [1.54, 1.807) is 4.90 Å². The van der Waals surface area contributed by atoms with Gasteiger partial charge in [-0.05, 0) is 30.5 Å². The van der Waals surface area contributed by atoms with Crippen molar-refractivity contribution in [1.82, 2.24) is 5.32 Å². The smallest absolute Gasteiger partial charge is 0.243 e. The Kier molecular flexibility index (Phi) is 4.02. The van der Waals surface area contributed by atoms with Crippen molar-refractivity contribution >= 4 is 11.6 Å². The van der Waals surface area contributed by atoms with Gasteiger partial charge in [-0.15, -0.1) is 0 Å². The van der Waals surface area contributed by atoms with Gasteiger partial charge in [-0.2, -0.15) is 0 Å². The lowest BCUT2D eigenvalue weighted by Gasteiger charge is -2.22. The summed E-state index contributed by atoms with van der Waals surface area (Å²) in [5.74, 6) is 0.139. The summed E-state index contributed by atoms with van der Waals surface area (Å²) in [4.78, 5) is 14.3. The van der Waals surface area contributed by atoms with Gasteiger partial charge in [0.25, 0.3) is 0 Å². The van der Waals surface area contributed by atoms with Gasteiger partial charge in [0, 0.05) is 18.8 Å². The van der Waals surface area contributed by atoms with Crippen molar-refractivity contribution in [2.45, 2.75) is 24.9 Å². The SMILES string of the molecule is CN(C(=O)[C@@H]1CCC(c2ccccc2)N1)c1ccccc1. The molecule has 0 aromatic heterocycles. The van der Waals surface area contributed by atoms with Crippen LogP contribution in [0.4, 0.5) is 5.69 Å². The molecule has 2 aromatic carbocycles. The lowest BCUT2D eigenvalue weighted by atomic mass is 10.1. The predicted molar refractivity (Wildman–Crippen MR) is 85.2 cm³/mol. The maximum Gasteiger partial charge on any atom is 0.243 e. The first-order valence-corrected chi connectivity index (χ1v) is 7.39. The number of anilines is 1. The molecule has 1 fully saturated rings. The molecule has 0 aliphatic carbocycles. The van der Waals surface area contributed by atoms with Crippen LogP contribution in [-0.2, 0) is 4.79 Å². The number of likely N-dealkylation sites (N-methyl/N-ethyl adjacent to an activating group) is 1. The van der Waals surface area contributed by atoms with Crippen molar-refractivity contribution < 1.29 is 4.79 Å². The summed E-state index contributed by atoms with van der Waals surface area (Å²) < 4.78 is 0. The average molecular weight is 280 g/mol. The molecule has 1 aliphatic heterocycles. The van der Waals surface area contributed by atoms with E-state index in [-0.39, 0.29) is 18.0 Å². The number of para-hydroxylation sites is 1. The molecule has 2 atom stereocenters. The lowest BCUT2D eigenvalue weighted by Crippen LogP contribution is -2.42. The predicted octanol–water partition coefficient (Wildman–Crippen LogP) is 3.14. The third-order valence-corrected chi connectivity index (χ3v) is 4.12. The molecular weight excluding hydrogens is 260 g/mol. The van der Waals surface area contributed by atoms with Gasteiger partial charge in [-0.1, -0.05) is 48.5 Å². The number of carbonyl (C=O) groups is 1. The van der Waals surface area contributed by atoms with E-state index in [1.165, 1.54) is 5.56 Å². The minimum Gasteiger partial charge on any atom is -0.314 e. The maximum atomic E-state index is 12.6. The summed E-state index contributed by atoms with van der Waals surface area (Å²) in [6.45, 7) is 0. The summed E-state index contributed by atoms with van der Waals surface area (Å²) in [7, 11) is 1.84. The highest BCUT2D eigenvalue weighted by Gasteiger charge is 2.31. The molecular formula is C18H20N2O. The second kappa shape index (κ2) is 6.10. The van der Waals surface area contributed by atoms with Crippen molar-refractivity contribution in [3.8, 4) is 0 Å². The molecule has 1 aliphatic rings. The average Bonchev–Trinajstić information content (AvgIpc) is 3.05. The molecule has 0 saturated carbocycles. The van der Waals surface area contributed by atoms with E-state index in [4.69, 9.17) is 0 Å². The van der Waals surface area contributed by atoms with Crippen LogP contribution >= 0.6 is 0 Å². The summed E-state index contributed by atoms with van der Waals surface area (Å²) in [5, 5.41) is 3.47. The van der Waals surface area contributed by atoms with Gasteiger partial charge in [0.2, 0.25) is 5.91 Å². The molecule has 0 radical (unpaired) electrons. The molecule has 3 nitrogen and oxygen atoms in total. The van der Waals surface area contributed by atoms with Gasteiger partial charge >= 0.3 is 0 Å². The number of hydrogen-bond acceptors (Lipinski definition) is 2. The largest absolute Gasteiger partial charge is 0.314 e. The van der Waals surface area contributed by atoms with Crippen LogP contribution < -0.4 is 10.2 Å². The van der Waals surface area contributed by atoms with Crippen LogP contribution in [0.15, 0.2) is 60.7 Å². The highest BCUT2D eigenvalue weighted by atomic mass is 16.2. The lowest BCUT2D eigenvalue weighted by molar-refractivity contribution is -0.120. The zero-order chi connectivity index (χ0) is 14.7. The van der Waals surface area contributed by atoms with Crippen LogP contribution in [0.25, 0.3) is 0 Å². The topological polar surface area (TPSA) is 32.3 Å². The van der Waals surface area contributed by atoms with E-state index in [9.17, 15) is 4.79 Å². The fraction of sp³-hybridized carbons (Fsp3) is 0.278. The van der Waals surface area contributed by atoms with Crippen molar-refractivity contribution in [2.75, 3.05) is 11.9 Å². The quantitative estimate of drug-likeness (QED) is 0.936. The standard InChI is InChI=1S/C18H20N2O/c1-20(15-10-6-3-7-11-15)18(21)17-13-12-16(19-17)14-8-4-2-5-9-14/h2-11,16-17,19H,12-13H2,1H3/t16?,17-/m0/s1. The maximum absolute atomic E-state index is 12.6. The molecule has 1 heterocycles. The number of nitrogens with zero attached hydrogens (tertiary/aromatic N) is 1. The molecule has 21 heavy (non-hydrogen) atoms. The number of hydrogen-bond donors (Lipinski definition) is 1. The van der Waals surface area contributed by atoms with E-state index in [1.807, 2.05) is 55.6 Å².